The van der Waals surface area contributed by atoms with E-state index in [9.17, 15) is 29.1 Å². The molecule has 1 aliphatic heterocycles. The van der Waals surface area contributed by atoms with Gasteiger partial charge in [0, 0.05) is 30.9 Å². The van der Waals surface area contributed by atoms with Gasteiger partial charge in [0.25, 0.3) is 5.91 Å². The van der Waals surface area contributed by atoms with E-state index in [1.807, 2.05) is 36.6 Å². The van der Waals surface area contributed by atoms with Crippen molar-refractivity contribution < 1.29 is 29.1 Å². The maximum atomic E-state index is 14.1. The lowest BCUT2D eigenvalue weighted by molar-refractivity contribution is -0.142. The number of aliphatic carboxylic acids is 1. The first-order valence-electron chi connectivity index (χ1n) is 12.8. The van der Waals surface area contributed by atoms with Crippen molar-refractivity contribution in [3.63, 3.8) is 0 Å². The van der Waals surface area contributed by atoms with Gasteiger partial charge >= 0.3 is 5.97 Å². The van der Waals surface area contributed by atoms with Crippen molar-refractivity contribution in [3.05, 3.63) is 65.7 Å². The van der Waals surface area contributed by atoms with Crippen molar-refractivity contribution in [1.29, 1.82) is 0 Å². The van der Waals surface area contributed by atoms with Gasteiger partial charge in [-0.2, -0.15) is 24.4 Å². The summed E-state index contributed by atoms with van der Waals surface area (Å²) in [6, 6.07) is 13.9. The number of fused-ring (bicyclic) bond motifs is 1. The van der Waals surface area contributed by atoms with Crippen LogP contribution in [0.3, 0.4) is 0 Å². The van der Waals surface area contributed by atoms with E-state index in [0.29, 0.717) is 28.3 Å². The van der Waals surface area contributed by atoms with Gasteiger partial charge in [0.05, 0.1) is 11.4 Å². The molecule has 2 aromatic carbocycles. The maximum Gasteiger partial charge on any atom is 0.326 e. The third-order valence-electron chi connectivity index (χ3n) is 6.35. The van der Waals surface area contributed by atoms with E-state index in [1.165, 1.54) is 30.6 Å². The zero-order chi connectivity index (χ0) is 30.1. The lowest BCUT2D eigenvalue weighted by Crippen LogP contribution is -2.56. The highest BCUT2D eigenvalue weighted by molar-refractivity contribution is 7.98. The Morgan fingerprint density at radius 2 is 1.73 bits per heavy atom. The number of aliphatic imine (C=N–C) groups is 1. The molecular formula is C28H33N5O6S2. The summed E-state index contributed by atoms with van der Waals surface area (Å²) < 4.78 is 0. The molecule has 0 aromatic heterocycles. The van der Waals surface area contributed by atoms with Crippen LogP contribution >= 0.6 is 24.4 Å². The Balaban J connectivity index is 2.08. The minimum absolute atomic E-state index is 0.0160. The van der Waals surface area contributed by atoms with Crippen molar-refractivity contribution in [2.45, 2.75) is 31.6 Å². The fraction of sp³-hybridized carbons (Fsp3) is 0.357. The number of amides is 4. The summed E-state index contributed by atoms with van der Waals surface area (Å²) in [5, 5.41) is 14.6. The van der Waals surface area contributed by atoms with E-state index in [1.54, 1.807) is 24.3 Å². The van der Waals surface area contributed by atoms with E-state index in [0.717, 1.165) is 4.90 Å². The van der Waals surface area contributed by atoms with Crippen molar-refractivity contribution >= 4 is 65.4 Å². The Hall–Kier alpha value is -3.84. The molecule has 3 atom stereocenters. The molecule has 3 N–H and O–H groups in total. The number of benzodiazepines with no additional fused rings is 1. The fourth-order valence-corrected chi connectivity index (χ4v) is 5.05. The molecular weight excluding hydrogens is 566 g/mol. The van der Waals surface area contributed by atoms with Crippen LogP contribution in [0.2, 0.25) is 0 Å². The smallest absolute Gasteiger partial charge is 0.326 e. The molecule has 0 saturated carbocycles. The Morgan fingerprint density at radius 3 is 2.34 bits per heavy atom. The van der Waals surface area contributed by atoms with Crippen LogP contribution in [0.1, 0.15) is 24.5 Å². The van der Waals surface area contributed by atoms with Crippen molar-refractivity contribution in [1.82, 2.24) is 15.5 Å². The molecule has 0 saturated heterocycles. The van der Waals surface area contributed by atoms with Gasteiger partial charge < -0.3 is 20.6 Å². The second-order valence-electron chi connectivity index (χ2n) is 9.28. The summed E-state index contributed by atoms with van der Waals surface area (Å²) in [4.78, 5) is 71.2. The normalized spacial score (nSPS) is 16.0. The molecule has 41 heavy (non-hydrogen) atoms. The number of carbonyl (C=O) groups excluding carboxylic acids is 4. The monoisotopic (exact) mass is 599 g/mol. The van der Waals surface area contributed by atoms with Gasteiger partial charge in [0.15, 0.2) is 0 Å². The van der Waals surface area contributed by atoms with E-state index >= 15 is 0 Å². The SMILES string of the molecule is CSCC[C@H](NC(=O)CN1C(=O)C(N(C)C(=O)C(CS)NC(C)=O)N=C(c2ccccc2)c2ccccc21)C(=O)O. The van der Waals surface area contributed by atoms with Gasteiger partial charge in [-0.1, -0.05) is 48.5 Å². The van der Waals surface area contributed by atoms with Gasteiger partial charge in [-0.25, -0.2) is 9.79 Å². The number of nitrogens with one attached hydrogen (secondary N) is 2. The third kappa shape index (κ3) is 7.88. The van der Waals surface area contributed by atoms with Crippen LogP contribution in [0.5, 0.6) is 0 Å². The lowest BCUT2D eigenvalue weighted by Gasteiger charge is -2.31. The number of thiol groups is 1. The fourth-order valence-electron chi connectivity index (χ4n) is 4.33. The van der Waals surface area contributed by atoms with Crippen molar-refractivity contribution in [2.24, 2.45) is 4.99 Å². The summed E-state index contributed by atoms with van der Waals surface area (Å²) in [7, 11) is 1.40. The number of carboxylic acid groups (broad SMARTS) is 1. The topological polar surface area (TPSA) is 148 Å². The predicted molar refractivity (Wildman–Crippen MR) is 161 cm³/mol. The largest absolute Gasteiger partial charge is 0.480 e. The molecule has 0 aliphatic carbocycles. The van der Waals surface area contributed by atoms with Gasteiger partial charge in [-0.3, -0.25) is 24.1 Å². The Kier molecular flexibility index (Phi) is 11.4. The van der Waals surface area contributed by atoms with Crippen molar-refractivity contribution in [2.75, 3.05) is 36.3 Å². The lowest BCUT2D eigenvalue weighted by atomic mass is 10.0. The van der Waals surface area contributed by atoms with Crippen molar-refractivity contribution in [3.8, 4) is 0 Å². The van der Waals surface area contributed by atoms with Gasteiger partial charge in [-0.15, -0.1) is 0 Å². The highest BCUT2D eigenvalue weighted by Gasteiger charge is 2.38. The molecule has 4 amide bonds. The molecule has 0 spiro atoms. The van der Waals surface area contributed by atoms with Gasteiger partial charge in [0.2, 0.25) is 23.9 Å². The number of para-hydroxylation sites is 1. The van der Waals surface area contributed by atoms with E-state index < -0.39 is 54.4 Å². The van der Waals surface area contributed by atoms with Crippen LogP contribution in [0.4, 0.5) is 5.69 Å². The molecule has 218 valence electrons. The average Bonchev–Trinajstić information content (AvgIpc) is 3.08. The van der Waals surface area contributed by atoms with E-state index in [-0.39, 0.29) is 12.2 Å². The van der Waals surface area contributed by atoms with Crippen LogP contribution in [-0.2, 0) is 24.0 Å². The second-order valence-corrected chi connectivity index (χ2v) is 10.6. The molecule has 1 aliphatic rings. The number of hydrogen-bond donors (Lipinski definition) is 4. The Bertz CT molecular complexity index is 1320. The third-order valence-corrected chi connectivity index (χ3v) is 7.36. The molecule has 11 nitrogen and oxygen atoms in total. The van der Waals surface area contributed by atoms with Crippen LogP contribution in [0, 0.1) is 0 Å². The maximum absolute atomic E-state index is 14.1. The highest BCUT2D eigenvalue weighted by Crippen LogP contribution is 2.29. The number of carboxylic acids is 1. The number of rotatable bonds is 12. The van der Waals surface area contributed by atoms with Gasteiger partial charge in [0.1, 0.15) is 18.6 Å². The average molecular weight is 600 g/mol. The summed E-state index contributed by atoms with van der Waals surface area (Å²) in [5.41, 5.74) is 2.03. The first-order chi connectivity index (χ1) is 19.6. The van der Waals surface area contributed by atoms with Crippen LogP contribution in [0.15, 0.2) is 59.6 Å². The van der Waals surface area contributed by atoms with Crippen LogP contribution < -0.4 is 15.5 Å². The molecule has 0 bridgehead atoms. The Labute approximate surface area is 248 Å². The molecule has 0 radical (unpaired) electrons. The quantitative estimate of drug-likeness (QED) is 0.270. The van der Waals surface area contributed by atoms with Crippen LogP contribution in [0.25, 0.3) is 0 Å². The number of carbonyl (C=O) groups is 5. The number of benzene rings is 2. The molecule has 2 unspecified atom stereocenters. The number of likely N-dealkylation sites (N-methyl/N-ethyl adjacent to an activating group) is 1. The van der Waals surface area contributed by atoms with Crippen LogP contribution in [-0.4, -0.2) is 94.9 Å². The summed E-state index contributed by atoms with van der Waals surface area (Å²) in [6.45, 7) is 0.767. The molecule has 3 rings (SSSR count). The highest BCUT2D eigenvalue weighted by atomic mass is 32.2. The van der Waals surface area contributed by atoms with E-state index in [2.05, 4.69) is 23.3 Å². The molecule has 13 heteroatoms. The zero-order valence-electron chi connectivity index (χ0n) is 22.9. The minimum atomic E-state index is -1.40. The minimum Gasteiger partial charge on any atom is -0.480 e. The summed E-state index contributed by atoms with van der Waals surface area (Å²) in [6.07, 6.45) is 0.642. The number of hydrogen-bond acceptors (Lipinski definition) is 8. The first kappa shape index (κ1) is 31.7. The number of anilines is 1. The first-order valence-corrected chi connectivity index (χ1v) is 14.8. The molecule has 0 fully saturated rings. The molecule has 2 aromatic rings. The standard InChI is InChI=1S/C28H33N5O6S2/c1-17(34)29-21(16-40)26(36)32(2)25-27(37)33(15-23(35)30-20(28(38)39)13-14-41-3)22-12-8-7-11-19(22)24(31-25)18-9-5-4-6-10-18/h4-12,20-21,25,40H,13-16H2,1-3H3,(H,29,34)(H,30,35)(H,38,39)/t20-,21?,25?/m0/s1. The summed E-state index contributed by atoms with van der Waals surface area (Å²) in [5.74, 6) is -3.06. The second kappa shape index (κ2) is 14.7. The van der Waals surface area contributed by atoms with E-state index in [4.69, 9.17) is 4.99 Å². The number of nitrogens with zero attached hydrogens (tertiary/aromatic N) is 3. The van der Waals surface area contributed by atoms with Gasteiger partial charge in [-0.05, 0) is 24.5 Å². The summed E-state index contributed by atoms with van der Waals surface area (Å²) >= 11 is 5.64. The molecule has 1 heterocycles. The number of thioether (sulfide) groups is 1. The predicted octanol–water partition coefficient (Wildman–Crippen LogP) is 1.41. The Morgan fingerprint density at radius 1 is 1.07 bits per heavy atom. The zero-order valence-corrected chi connectivity index (χ0v) is 24.7.